The molecule has 1 saturated heterocycles. The van der Waals surface area contributed by atoms with Gasteiger partial charge in [0.05, 0.1) is 4.90 Å². The lowest BCUT2D eigenvalue weighted by Crippen LogP contribution is -2.36. The van der Waals surface area contributed by atoms with Gasteiger partial charge in [0.1, 0.15) is 0 Å². The molecule has 0 spiro atoms. The van der Waals surface area contributed by atoms with E-state index in [0.29, 0.717) is 19.0 Å². The van der Waals surface area contributed by atoms with Gasteiger partial charge < -0.3 is 9.88 Å². The summed E-state index contributed by atoms with van der Waals surface area (Å²) in [5, 5.41) is 0. The van der Waals surface area contributed by atoms with Crippen LogP contribution in [0.4, 0.5) is 0 Å². The van der Waals surface area contributed by atoms with Crippen LogP contribution in [0, 0.1) is 5.92 Å². The quantitative estimate of drug-likeness (QED) is 0.772. The standard InChI is InChI=1S/C24H28N2O4S/c1-16(27)26-13-11-17(12-14-26)15-22(19-5-7-20(8-6-19)31(2,29)30)23-10-9-21(18-3-4-18)24(28)25-23/h5-10,15,17-18H,3-4,11-14H2,1-2H3,(H,25,28)/b22-15-. The van der Waals surface area contributed by atoms with Gasteiger partial charge in [0.2, 0.25) is 5.91 Å². The van der Waals surface area contributed by atoms with E-state index in [1.807, 2.05) is 17.0 Å². The SMILES string of the molecule is CC(=O)N1CCC(/C=C(/c2ccc(S(C)(=O)=O)cc2)c2ccc(C3CC3)c(=O)[nH]2)CC1. The molecule has 2 fully saturated rings. The first-order valence-corrected chi connectivity index (χ1v) is 12.6. The van der Waals surface area contributed by atoms with Crippen molar-refractivity contribution in [3.63, 3.8) is 0 Å². The maximum atomic E-state index is 12.6. The number of likely N-dealkylation sites (tertiary alicyclic amines) is 1. The maximum absolute atomic E-state index is 12.6. The number of nitrogens with one attached hydrogen (secondary N) is 1. The van der Waals surface area contributed by atoms with Gasteiger partial charge in [0.25, 0.3) is 5.56 Å². The summed E-state index contributed by atoms with van der Waals surface area (Å²) in [6.45, 7) is 3.03. The number of carbonyl (C=O) groups is 1. The normalized spacial score (nSPS) is 18.3. The van der Waals surface area contributed by atoms with Crippen LogP contribution in [0.15, 0.2) is 52.2 Å². The fourth-order valence-corrected chi connectivity index (χ4v) is 4.83. The van der Waals surface area contributed by atoms with E-state index >= 15 is 0 Å². The number of aromatic amines is 1. The molecular formula is C24H28N2O4S. The van der Waals surface area contributed by atoms with Gasteiger partial charge in [-0.1, -0.05) is 24.3 Å². The summed E-state index contributed by atoms with van der Waals surface area (Å²) in [5.41, 5.74) is 3.27. The minimum Gasteiger partial charge on any atom is -0.343 e. The Balaban J connectivity index is 1.69. The molecule has 0 unspecified atom stereocenters. The Hall–Kier alpha value is -2.67. The van der Waals surface area contributed by atoms with Crippen molar-refractivity contribution in [2.24, 2.45) is 5.92 Å². The Labute approximate surface area is 182 Å². The van der Waals surface area contributed by atoms with E-state index in [9.17, 15) is 18.0 Å². The predicted octanol–water partition coefficient (Wildman–Crippen LogP) is 3.35. The Morgan fingerprint density at radius 2 is 1.68 bits per heavy atom. The number of nitrogens with zero attached hydrogens (tertiary/aromatic N) is 1. The third-order valence-corrected chi connectivity index (χ3v) is 7.36. The minimum absolute atomic E-state index is 0.0509. The largest absolute Gasteiger partial charge is 0.343 e. The number of allylic oxidation sites excluding steroid dienone is 1. The highest BCUT2D eigenvalue weighted by atomic mass is 32.2. The molecule has 4 rings (SSSR count). The van der Waals surface area contributed by atoms with Crippen molar-refractivity contribution < 1.29 is 13.2 Å². The van der Waals surface area contributed by atoms with E-state index in [1.165, 1.54) is 6.26 Å². The number of amides is 1. The van der Waals surface area contributed by atoms with Gasteiger partial charge >= 0.3 is 0 Å². The van der Waals surface area contributed by atoms with Crippen LogP contribution in [-0.4, -0.2) is 43.6 Å². The number of sulfone groups is 1. The Morgan fingerprint density at radius 1 is 1.03 bits per heavy atom. The van der Waals surface area contributed by atoms with E-state index in [4.69, 9.17) is 0 Å². The smallest absolute Gasteiger partial charge is 0.251 e. The summed E-state index contributed by atoms with van der Waals surface area (Å²) < 4.78 is 23.7. The van der Waals surface area contributed by atoms with E-state index in [1.54, 1.807) is 31.2 Å². The van der Waals surface area contributed by atoms with Crippen LogP contribution in [0.25, 0.3) is 5.57 Å². The third-order valence-electron chi connectivity index (χ3n) is 6.23. The highest BCUT2D eigenvalue weighted by Gasteiger charge is 2.26. The van der Waals surface area contributed by atoms with E-state index < -0.39 is 9.84 Å². The molecule has 1 aromatic heterocycles. The van der Waals surface area contributed by atoms with E-state index in [-0.39, 0.29) is 22.3 Å². The van der Waals surface area contributed by atoms with Crippen molar-refractivity contribution >= 4 is 21.3 Å². The van der Waals surface area contributed by atoms with Crippen LogP contribution in [0.1, 0.15) is 55.3 Å². The zero-order valence-corrected chi connectivity index (χ0v) is 18.7. The van der Waals surface area contributed by atoms with Crippen LogP contribution in [0.2, 0.25) is 0 Å². The lowest BCUT2D eigenvalue weighted by Gasteiger charge is -2.30. The molecule has 1 aliphatic carbocycles. The number of hydrogen-bond acceptors (Lipinski definition) is 4. The number of aromatic nitrogens is 1. The van der Waals surface area contributed by atoms with Gasteiger partial charge in [-0.05, 0) is 61.3 Å². The zero-order chi connectivity index (χ0) is 22.2. The summed E-state index contributed by atoms with van der Waals surface area (Å²) in [6, 6.07) is 10.7. The monoisotopic (exact) mass is 440 g/mol. The fraction of sp³-hybridized carbons (Fsp3) is 0.417. The summed E-state index contributed by atoms with van der Waals surface area (Å²) in [4.78, 5) is 29.5. The predicted molar refractivity (Wildman–Crippen MR) is 121 cm³/mol. The summed E-state index contributed by atoms with van der Waals surface area (Å²) in [5.74, 6) is 0.737. The fourth-order valence-electron chi connectivity index (χ4n) is 4.20. The van der Waals surface area contributed by atoms with Crippen molar-refractivity contribution in [1.82, 2.24) is 9.88 Å². The second-order valence-corrected chi connectivity index (χ2v) is 10.7. The molecule has 1 N–H and O–H groups in total. The molecule has 0 radical (unpaired) electrons. The average Bonchev–Trinajstić information content (AvgIpc) is 3.57. The lowest BCUT2D eigenvalue weighted by molar-refractivity contribution is -0.129. The molecular weight excluding hydrogens is 412 g/mol. The van der Waals surface area contributed by atoms with Crippen LogP contribution < -0.4 is 5.56 Å². The topological polar surface area (TPSA) is 87.3 Å². The average molecular weight is 441 g/mol. The van der Waals surface area contributed by atoms with Crippen molar-refractivity contribution in [2.75, 3.05) is 19.3 Å². The molecule has 31 heavy (non-hydrogen) atoms. The molecule has 0 atom stereocenters. The molecule has 7 heteroatoms. The van der Waals surface area contributed by atoms with Gasteiger partial charge in [-0.25, -0.2) is 8.42 Å². The Kier molecular flexibility index (Phi) is 5.88. The Bertz CT molecular complexity index is 1170. The minimum atomic E-state index is -3.28. The van der Waals surface area contributed by atoms with Gasteiger partial charge in [0, 0.05) is 43.1 Å². The molecule has 1 saturated carbocycles. The molecule has 2 aliphatic rings. The summed E-state index contributed by atoms with van der Waals surface area (Å²) in [6.07, 6.45) is 7.19. The summed E-state index contributed by atoms with van der Waals surface area (Å²) in [7, 11) is -3.28. The zero-order valence-electron chi connectivity index (χ0n) is 17.9. The number of carbonyl (C=O) groups excluding carboxylic acids is 1. The molecule has 1 amide bonds. The summed E-state index contributed by atoms with van der Waals surface area (Å²) >= 11 is 0. The van der Waals surface area contributed by atoms with Gasteiger partial charge in [-0.2, -0.15) is 0 Å². The van der Waals surface area contributed by atoms with Gasteiger partial charge in [-0.15, -0.1) is 0 Å². The number of piperidine rings is 1. The number of H-pyrrole nitrogens is 1. The number of benzene rings is 1. The first-order valence-electron chi connectivity index (χ1n) is 10.7. The molecule has 1 aliphatic heterocycles. The third kappa shape index (κ3) is 4.98. The van der Waals surface area contributed by atoms with Crippen molar-refractivity contribution in [3.8, 4) is 0 Å². The van der Waals surface area contributed by atoms with Crippen molar-refractivity contribution in [3.05, 3.63) is 69.6 Å². The van der Waals surface area contributed by atoms with Gasteiger partial charge in [-0.3, -0.25) is 9.59 Å². The molecule has 164 valence electrons. The van der Waals surface area contributed by atoms with E-state index in [0.717, 1.165) is 48.1 Å². The van der Waals surface area contributed by atoms with Crippen LogP contribution in [0.5, 0.6) is 0 Å². The number of hydrogen-bond donors (Lipinski definition) is 1. The molecule has 2 heterocycles. The van der Waals surface area contributed by atoms with Crippen LogP contribution in [-0.2, 0) is 14.6 Å². The van der Waals surface area contributed by atoms with Gasteiger partial charge in [0.15, 0.2) is 9.84 Å². The maximum Gasteiger partial charge on any atom is 0.251 e. The highest BCUT2D eigenvalue weighted by molar-refractivity contribution is 7.90. The Morgan fingerprint density at radius 3 is 2.19 bits per heavy atom. The highest BCUT2D eigenvalue weighted by Crippen LogP contribution is 2.38. The first-order chi connectivity index (χ1) is 14.7. The van der Waals surface area contributed by atoms with Crippen molar-refractivity contribution in [1.29, 1.82) is 0 Å². The molecule has 6 nitrogen and oxygen atoms in total. The second kappa shape index (κ2) is 8.46. The van der Waals surface area contributed by atoms with Crippen molar-refractivity contribution in [2.45, 2.75) is 43.4 Å². The first kappa shape index (κ1) is 21.6. The van der Waals surface area contributed by atoms with Crippen LogP contribution >= 0.6 is 0 Å². The number of rotatable bonds is 5. The number of pyridine rings is 1. The molecule has 1 aromatic carbocycles. The second-order valence-electron chi connectivity index (χ2n) is 8.65. The molecule has 0 bridgehead atoms. The molecule has 2 aromatic rings. The van der Waals surface area contributed by atoms with E-state index in [2.05, 4.69) is 11.1 Å². The van der Waals surface area contributed by atoms with Crippen LogP contribution in [0.3, 0.4) is 0 Å². The lowest BCUT2D eigenvalue weighted by atomic mass is 9.90.